The van der Waals surface area contributed by atoms with Gasteiger partial charge in [-0.05, 0) is 54.5 Å². The van der Waals surface area contributed by atoms with Crippen LogP contribution < -0.4 is 4.74 Å². The van der Waals surface area contributed by atoms with Gasteiger partial charge in [-0.1, -0.05) is 30.3 Å². The molecule has 4 aromatic rings. The van der Waals surface area contributed by atoms with Gasteiger partial charge in [0.2, 0.25) is 0 Å². The molecule has 0 aliphatic heterocycles. The number of fused-ring (bicyclic) bond motifs is 1. The van der Waals surface area contributed by atoms with Gasteiger partial charge in [0.05, 0.1) is 18.1 Å². The van der Waals surface area contributed by atoms with Crippen molar-refractivity contribution in [3.05, 3.63) is 84.4 Å². The molecule has 120 valence electrons. The topological polar surface area (TPSA) is 27.1 Å². The zero-order valence-corrected chi connectivity index (χ0v) is 13.8. The maximum absolute atomic E-state index is 5.24. The molecular formula is C22H16N2O. The van der Waals surface area contributed by atoms with E-state index in [1.165, 1.54) is 0 Å². The van der Waals surface area contributed by atoms with Gasteiger partial charge in [-0.3, -0.25) is 0 Å². The lowest BCUT2D eigenvalue weighted by Crippen LogP contribution is -1.94. The maximum atomic E-state index is 5.24. The molecule has 3 aromatic carbocycles. The van der Waals surface area contributed by atoms with Crippen LogP contribution in [0.25, 0.3) is 22.4 Å². The first-order chi connectivity index (χ1) is 12.3. The summed E-state index contributed by atoms with van der Waals surface area (Å²) >= 11 is 0. The summed E-state index contributed by atoms with van der Waals surface area (Å²) in [4.78, 5) is 4.77. The number of hydrogen-bond acceptors (Lipinski definition) is 2. The minimum absolute atomic E-state index is 0.821. The summed E-state index contributed by atoms with van der Waals surface area (Å²) in [6.07, 6.45) is 0. The first-order valence-electron chi connectivity index (χ1n) is 8.04. The van der Waals surface area contributed by atoms with Gasteiger partial charge in [0.25, 0.3) is 0 Å². The largest absolute Gasteiger partial charge is 0.497 e. The van der Waals surface area contributed by atoms with Gasteiger partial charge in [-0.25, -0.2) is 9.55 Å². The molecule has 0 spiro atoms. The highest BCUT2D eigenvalue weighted by Crippen LogP contribution is 2.25. The molecule has 0 saturated heterocycles. The molecule has 0 aliphatic rings. The van der Waals surface area contributed by atoms with Crippen LogP contribution in [-0.4, -0.2) is 16.7 Å². The minimum Gasteiger partial charge on any atom is -0.497 e. The highest BCUT2D eigenvalue weighted by molar-refractivity contribution is 5.82. The van der Waals surface area contributed by atoms with Crippen molar-refractivity contribution in [3.8, 4) is 29.1 Å². The van der Waals surface area contributed by atoms with Crippen molar-refractivity contribution in [1.29, 1.82) is 0 Å². The standard InChI is InChI=1S/C22H16N2O/c1-25-19-13-11-18(12-14-19)22-23-20-9-5-6-10-21(20)24(22)16-15-17-7-3-2-4-8-17/h2-14H,1H3. The van der Waals surface area contributed by atoms with Crippen molar-refractivity contribution in [2.24, 2.45) is 0 Å². The summed E-state index contributed by atoms with van der Waals surface area (Å²) in [6, 6.07) is 29.1. The van der Waals surface area contributed by atoms with Crippen LogP contribution in [0.2, 0.25) is 0 Å². The van der Waals surface area contributed by atoms with E-state index in [1.54, 1.807) is 7.11 Å². The first kappa shape index (κ1) is 15.0. The highest BCUT2D eigenvalue weighted by Gasteiger charge is 2.11. The van der Waals surface area contributed by atoms with E-state index in [-0.39, 0.29) is 0 Å². The molecule has 0 radical (unpaired) electrons. The quantitative estimate of drug-likeness (QED) is 0.505. The summed E-state index contributed by atoms with van der Waals surface area (Å²) in [5.74, 6) is 4.87. The van der Waals surface area contributed by atoms with E-state index in [9.17, 15) is 0 Å². The number of hydrogen-bond donors (Lipinski definition) is 0. The van der Waals surface area contributed by atoms with E-state index in [4.69, 9.17) is 9.72 Å². The second kappa shape index (κ2) is 6.54. The lowest BCUT2D eigenvalue weighted by atomic mass is 10.2. The Bertz CT molecular complexity index is 1070. The molecule has 25 heavy (non-hydrogen) atoms. The zero-order valence-electron chi connectivity index (χ0n) is 13.8. The van der Waals surface area contributed by atoms with Crippen LogP contribution in [0.1, 0.15) is 5.56 Å². The normalized spacial score (nSPS) is 10.3. The third-order valence-corrected chi connectivity index (χ3v) is 3.99. The van der Waals surface area contributed by atoms with Crippen LogP contribution in [0.15, 0.2) is 78.9 Å². The predicted octanol–water partition coefficient (Wildman–Crippen LogP) is 4.57. The van der Waals surface area contributed by atoms with Crippen molar-refractivity contribution in [2.45, 2.75) is 0 Å². The number of nitrogens with zero attached hydrogens (tertiary/aromatic N) is 2. The number of methoxy groups -OCH3 is 1. The second-order valence-corrected chi connectivity index (χ2v) is 5.59. The average Bonchev–Trinajstić information content (AvgIpc) is 3.06. The van der Waals surface area contributed by atoms with E-state index in [1.807, 2.05) is 83.4 Å². The number of ether oxygens (including phenoxy) is 1. The Morgan fingerprint density at radius 3 is 2.32 bits per heavy atom. The minimum atomic E-state index is 0.821. The molecule has 0 atom stereocenters. The lowest BCUT2D eigenvalue weighted by molar-refractivity contribution is 0.415. The third-order valence-electron chi connectivity index (χ3n) is 3.99. The molecule has 0 aliphatic carbocycles. The number of rotatable bonds is 2. The Hall–Kier alpha value is -3.51. The van der Waals surface area contributed by atoms with E-state index < -0.39 is 0 Å². The van der Waals surface area contributed by atoms with E-state index >= 15 is 0 Å². The summed E-state index contributed by atoms with van der Waals surface area (Å²) in [5.41, 5.74) is 3.90. The van der Waals surface area contributed by atoms with E-state index in [2.05, 4.69) is 12.0 Å². The Morgan fingerprint density at radius 1 is 0.840 bits per heavy atom. The van der Waals surface area contributed by atoms with Crippen LogP contribution in [0.3, 0.4) is 0 Å². The molecule has 4 rings (SSSR count). The molecule has 0 amide bonds. The predicted molar refractivity (Wildman–Crippen MR) is 100 cm³/mol. The van der Waals surface area contributed by atoms with Gasteiger partial charge in [0.15, 0.2) is 5.82 Å². The maximum Gasteiger partial charge on any atom is 0.152 e. The first-order valence-corrected chi connectivity index (χ1v) is 8.04. The fourth-order valence-corrected chi connectivity index (χ4v) is 2.71. The average molecular weight is 324 g/mol. The van der Waals surface area contributed by atoms with Gasteiger partial charge >= 0.3 is 0 Å². The molecule has 1 aromatic heterocycles. The van der Waals surface area contributed by atoms with Crippen LogP contribution in [0.5, 0.6) is 5.75 Å². The smallest absolute Gasteiger partial charge is 0.152 e. The Balaban J connectivity index is 1.87. The lowest BCUT2D eigenvalue weighted by Gasteiger charge is -2.03. The number of aromatic nitrogens is 2. The van der Waals surface area contributed by atoms with Crippen LogP contribution in [-0.2, 0) is 0 Å². The van der Waals surface area contributed by atoms with Crippen molar-refractivity contribution in [2.75, 3.05) is 7.11 Å². The van der Waals surface area contributed by atoms with Gasteiger partial charge in [0.1, 0.15) is 5.75 Å². The molecule has 0 fully saturated rings. The highest BCUT2D eigenvalue weighted by atomic mass is 16.5. The van der Waals surface area contributed by atoms with Crippen LogP contribution in [0, 0.1) is 12.0 Å². The molecule has 1 heterocycles. The van der Waals surface area contributed by atoms with E-state index in [0.717, 1.165) is 33.7 Å². The Morgan fingerprint density at radius 2 is 1.56 bits per heavy atom. The van der Waals surface area contributed by atoms with Crippen molar-refractivity contribution in [3.63, 3.8) is 0 Å². The third kappa shape index (κ3) is 2.98. The second-order valence-electron chi connectivity index (χ2n) is 5.59. The van der Waals surface area contributed by atoms with Crippen molar-refractivity contribution < 1.29 is 4.74 Å². The molecule has 0 bridgehead atoms. The van der Waals surface area contributed by atoms with Crippen molar-refractivity contribution >= 4 is 11.0 Å². The Labute approximate surface area is 146 Å². The number of para-hydroxylation sites is 2. The molecule has 3 nitrogen and oxygen atoms in total. The molecule has 0 N–H and O–H groups in total. The van der Waals surface area contributed by atoms with Gasteiger partial charge < -0.3 is 4.74 Å². The zero-order chi connectivity index (χ0) is 17.1. The van der Waals surface area contributed by atoms with Crippen molar-refractivity contribution in [1.82, 2.24) is 9.55 Å². The summed E-state index contributed by atoms with van der Waals surface area (Å²) in [6.45, 7) is 0. The molecular weight excluding hydrogens is 308 g/mol. The summed E-state index contributed by atoms with van der Waals surface area (Å²) in [5, 5.41) is 0. The summed E-state index contributed by atoms with van der Waals surface area (Å²) in [7, 11) is 1.66. The monoisotopic (exact) mass is 324 g/mol. The summed E-state index contributed by atoms with van der Waals surface area (Å²) < 4.78 is 7.19. The fourth-order valence-electron chi connectivity index (χ4n) is 2.71. The number of benzene rings is 3. The Kier molecular flexibility index (Phi) is 3.94. The molecule has 3 heteroatoms. The molecule has 0 saturated carbocycles. The SMILES string of the molecule is COc1ccc(-c2nc3ccccc3n2C#Cc2ccccc2)cc1. The fraction of sp³-hybridized carbons (Fsp3) is 0.0455. The van der Waals surface area contributed by atoms with Gasteiger partial charge in [0, 0.05) is 17.2 Å². The van der Waals surface area contributed by atoms with Crippen LogP contribution >= 0.6 is 0 Å². The van der Waals surface area contributed by atoms with Crippen LogP contribution in [0.4, 0.5) is 0 Å². The van der Waals surface area contributed by atoms with Gasteiger partial charge in [-0.2, -0.15) is 0 Å². The molecule has 0 unspecified atom stereocenters. The van der Waals surface area contributed by atoms with E-state index in [0.29, 0.717) is 0 Å². The van der Waals surface area contributed by atoms with Gasteiger partial charge in [-0.15, -0.1) is 0 Å². The number of imidazole rings is 1.